The average Bonchev–Trinajstić information content (AvgIpc) is 3.12. The molecule has 2 heterocycles. The van der Waals surface area contributed by atoms with Gasteiger partial charge in [0, 0.05) is 29.9 Å². The Labute approximate surface area is 133 Å². The lowest BCUT2D eigenvalue weighted by Crippen LogP contribution is -1.95. The topological polar surface area (TPSA) is 57.4 Å². The zero-order valence-electron chi connectivity index (χ0n) is 14.6. The third-order valence-electron chi connectivity index (χ3n) is 4.03. The Morgan fingerprint density at radius 1 is 1.18 bits per heavy atom. The molecule has 4 heteroatoms. The van der Waals surface area contributed by atoms with Crippen LogP contribution in [0, 0.1) is 0 Å². The minimum absolute atomic E-state index is 0.425. The lowest BCUT2D eigenvalue weighted by molar-refractivity contribution is 0.736. The second kappa shape index (κ2) is 6.95. The van der Waals surface area contributed by atoms with E-state index in [1.807, 2.05) is 12.4 Å². The van der Waals surface area contributed by atoms with E-state index in [1.54, 1.807) is 0 Å². The summed E-state index contributed by atoms with van der Waals surface area (Å²) in [4.78, 5) is 15.8. The molecule has 0 aliphatic carbocycles. The van der Waals surface area contributed by atoms with E-state index < -0.39 is 0 Å². The molecule has 22 heavy (non-hydrogen) atoms. The summed E-state index contributed by atoms with van der Waals surface area (Å²) < 4.78 is 0. The normalized spacial score (nSPS) is 14.1. The van der Waals surface area contributed by atoms with Crippen molar-refractivity contribution >= 4 is 5.57 Å². The van der Waals surface area contributed by atoms with Gasteiger partial charge in [-0.25, -0.2) is 9.97 Å². The van der Waals surface area contributed by atoms with Crippen LogP contribution in [0.1, 0.15) is 88.8 Å². The van der Waals surface area contributed by atoms with Crippen molar-refractivity contribution < 1.29 is 0 Å². The minimum Gasteiger partial charge on any atom is -0.345 e. The van der Waals surface area contributed by atoms with Crippen molar-refractivity contribution in [3.05, 3.63) is 41.5 Å². The van der Waals surface area contributed by atoms with Crippen LogP contribution in [0.15, 0.2) is 18.5 Å². The van der Waals surface area contributed by atoms with Gasteiger partial charge in [0.1, 0.15) is 11.6 Å². The first-order valence-corrected chi connectivity index (χ1v) is 8.15. The van der Waals surface area contributed by atoms with Crippen LogP contribution in [-0.2, 0) is 0 Å². The van der Waals surface area contributed by atoms with Gasteiger partial charge in [0.25, 0.3) is 0 Å². The highest BCUT2D eigenvalue weighted by molar-refractivity contribution is 5.57. The van der Waals surface area contributed by atoms with E-state index >= 15 is 0 Å². The standard InChI is InChI=1S/C18H28N4/c1-11(2)15-9-20-18(21-15)14(6)8-7-13(5)16-10-19-17(22-16)12(3)4/h8-13H,7H2,1-6H3,(H,19,22)(H,20,21)/b14-8+. The summed E-state index contributed by atoms with van der Waals surface area (Å²) in [6.45, 7) is 13.0. The molecule has 1 atom stereocenters. The van der Waals surface area contributed by atoms with Crippen molar-refractivity contribution in [2.24, 2.45) is 0 Å². The SMILES string of the molecule is C/C(=C\CC(C)c1cnc(C(C)C)[nH]1)c1nc(C(C)C)c[nH]1. The summed E-state index contributed by atoms with van der Waals surface area (Å²) in [7, 11) is 0. The fourth-order valence-corrected chi connectivity index (χ4v) is 2.31. The molecule has 0 spiro atoms. The van der Waals surface area contributed by atoms with Gasteiger partial charge in [0.05, 0.1) is 5.69 Å². The predicted octanol–water partition coefficient (Wildman–Crippen LogP) is 4.98. The maximum absolute atomic E-state index is 4.64. The van der Waals surface area contributed by atoms with Crippen LogP contribution in [0.3, 0.4) is 0 Å². The van der Waals surface area contributed by atoms with Gasteiger partial charge in [-0.3, -0.25) is 0 Å². The summed E-state index contributed by atoms with van der Waals surface area (Å²) >= 11 is 0. The number of imidazole rings is 2. The molecule has 0 radical (unpaired) electrons. The zero-order valence-corrected chi connectivity index (χ0v) is 14.6. The number of nitrogens with zero attached hydrogens (tertiary/aromatic N) is 2. The molecule has 0 bridgehead atoms. The van der Waals surface area contributed by atoms with Crippen molar-refractivity contribution in [2.75, 3.05) is 0 Å². The molecule has 120 valence electrons. The molecule has 0 saturated carbocycles. The molecule has 0 aromatic carbocycles. The molecule has 0 saturated heterocycles. The summed E-state index contributed by atoms with van der Waals surface area (Å²) in [6.07, 6.45) is 7.20. The lowest BCUT2D eigenvalue weighted by atomic mass is 10.0. The number of aromatic nitrogens is 4. The van der Waals surface area contributed by atoms with E-state index in [0.29, 0.717) is 17.8 Å². The van der Waals surface area contributed by atoms with Crippen molar-refractivity contribution in [1.82, 2.24) is 19.9 Å². The van der Waals surface area contributed by atoms with Crippen LogP contribution in [0.4, 0.5) is 0 Å². The molecule has 2 rings (SSSR count). The fourth-order valence-electron chi connectivity index (χ4n) is 2.31. The van der Waals surface area contributed by atoms with Crippen LogP contribution >= 0.6 is 0 Å². The van der Waals surface area contributed by atoms with Gasteiger partial charge in [-0.2, -0.15) is 0 Å². The van der Waals surface area contributed by atoms with Crippen molar-refractivity contribution in [2.45, 2.75) is 65.7 Å². The Morgan fingerprint density at radius 3 is 2.45 bits per heavy atom. The summed E-state index contributed by atoms with van der Waals surface area (Å²) in [5.41, 5.74) is 3.52. The zero-order chi connectivity index (χ0) is 16.3. The minimum atomic E-state index is 0.425. The molecular formula is C18H28N4. The highest BCUT2D eigenvalue weighted by atomic mass is 14.9. The second-order valence-electron chi connectivity index (χ2n) is 6.73. The molecule has 2 aromatic heterocycles. The van der Waals surface area contributed by atoms with Gasteiger partial charge in [0.15, 0.2) is 0 Å². The third kappa shape index (κ3) is 3.87. The van der Waals surface area contributed by atoms with Crippen molar-refractivity contribution in [1.29, 1.82) is 0 Å². The van der Waals surface area contributed by atoms with Crippen LogP contribution in [0.25, 0.3) is 5.57 Å². The molecule has 0 amide bonds. The quantitative estimate of drug-likeness (QED) is 0.790. The van der Waals surface area contributed by atoms with Gasteiger partial charge in [-0.15, -0.1) is 0 Å². The van der Waals surface area contributed by atoms with Crippen molar-refractivity contribution in [3.8, 4) is 0 Å². The fraction of sp³-hybridized carbons (Fsp3) is 0.556. The van der Waals surface area contributed by atoms with E-state index in [-0.39, 0.29) is 0 Å². The van der Waals surface area contributed by atoms with E-state index in [2.05, 4.69) is 67.6 Å². The van der Waals surface area contributed by atoms with Crippen LogP contribution < -0.4 is 0 Å². The lowest BCUT2D eigenvalue weighted by Gasteiger charge is -2.07. The average molecular weight is 300 g/mol. The number of allylic oxidation sites excluding steroid dienone is 2. The van der Waals surface area contributed by atoms with Crippen molar-refractivity contribution in [3.63, 3.8) is 0 Å². The van der Waals surface area contributed by atoms with Crippen LogP contribution in [-0.4, -0.2) is 19.9 Å². The second-order valence-corrected chi connectivity index (χ2v) is 6.73. The number of aromatic amines is 2. The first-order chi connectivity index (χ1) is 10.4. The molecular weight excluding hydrogens is 272 g/mol. The highest BCUT2D eigenvalue weighted by Crippen LogP contribution is 2.22. The number of H-pyrrole nitrogens is 2. The van der Waals surface area contributed by atoms with Gasteiger partial charge >= 0.3 is 0 Å². The van der Waals surface area contributed by atoms with Crippen LogP contribution in [0.2, 0.25) is 0 Å². The number of hydrogen-bond donors (Lipinski definition) is 2. The Balaban J connectivity index is 2.02. The largest absolute Gasteiger partial charge is 0.345 e. The van der Waals surface area contributed by atoms with E-state index in [4.69, 9.17) is 0 Å². The summed E-state index contributed by atoms with van der Waals surface area (Å²) in [6, 6.07) is 0. The summed E-state index contributed by atoms with van der Waals surface area (Å²) in [5, 5.41) is 0. The molecule has 4 nitrogen and oxygen atoms in total. The number of nitrogens with one attached hydrogen (secondary N) is 2. The molecule has 0 aliphatic heterocycles. The Kier molecular flexibility index (Phi) is 5.22. The predicted molar refractivity (Wildman–Crippen MR) is 92.0 cm³/mol. The van der Waals surface area contributed by atoms with Gasteiger partial charge in [-0.1, -0.05) is 40.7 Å². The van der Waals surface area contributed by atoms with Gasteiger partial charge < -0.3 is 9.97 Å². The number of hydrogen-bond acceptors (Lipinski definition) is 2. The molecule has 2 N–H and O–H groups in total. The van der Waals surface area contributed by atoms with Gasteiger partial charge in [-0.05, 0) is 24.8 Å². The van der Waals surface area contributed by atoms with Gasteiger partial charge in [0.2, 0.25) is 0 Å². The van der Waals surface area contributed by atoms with E-state index in [1.165, 1.54) is 11.3 Å². The molecule has 1 unspecified atom stereocenters. The third-order valence-corrected chi connectivity index (χ3v) is 4.03. The maximum atomic E-state index is 4.64. The van der Waals surface area contributed by atoms with Crippen LogP contribution in [0.5, 0.6) is 0 Å². The van der Waals surface area contributed by atoms with E-state index in [9.17, 15) is 0 Å². The van der Waals surface area contributed by atoms with E-state index in [0.717, 1.165) is 23.8 Å². The first kappa shape index (κ1) is 16.5. The monoisotopic (exact) mass is 300 g/mol. The molecule has 0 fully saturated rings. The smallest absolute Gasteiger partial charge is 0.132 e. The summed E-state index contributed by atoms with van der Waals surface area (Å²) in [5.74, 6) is 3.36. The Bertz CT molecular complexity index is 631. The maximum Gasteiger partial charge on any atom is 0.132 e. The Hall–Kier alpha value is -1.84. The Morgan fingerprint density at radius 2 is 1.91 bits per heavy atom. The number of rotatable bonds is 6. The highest BCUT2D eigenvalue weighted by Gasteiger charge is 2.11. The first-order valence-electron chi connectivity index (χ1n) is 8.15. The molecule has 0 aliphatic rings. The molecule has 2 aromatic rings.